The average Bonchev–Trinajstić information content (AvgIpc) is 2.74. The van der Waals surface area contributed by atoms with Gasteiger partial charge in [-0.15, -0.1) is 0 Å². The van der Waals surface area contributed by atoms with Crippen LogP contribution in [0.5, 0.6) is 0 Å². The molecule has 1 aliphatic rings. The molecule has 2 N–H and O–H groups in total. The lowest BCUT2D eigenvalue weighted by Crippen LogP contribution is -2.31. The molecule has 0 amide bonds. The zero-order valence-electron chi connectivity index (χ0n) is 15.5. The van der Waals surface area contributed by atoms with Gasteiger partial charge < -0.3 is 5.73 Å². The van der Waals surface area contributed by atoms with Gasteiger partial charge in [0, 0.05) is 25.2 Å². The van der Waals surface area contributed by atoms with Gasteiger partial charge in [0.25, 0.3) is 0 Å². The maximum Gasteiger partial charge on any atom is 0.102 e. The number of nitrogen functional groups attached to an aromatic ring is 1. The lowest BCUT2D eigenvalue weighted by Gasteiger charge is -2.32. The van der Waals surface area contributed by atoms with E-state index in [1.54, 1.807) is 0 Å². The highest BCUT2D eigenvalue weighted by Gasteiger charge is 2.27. The molecule has 28 heavy (non-hydrogen) atoms. The molecule has 0 unspecified atom stereocenters. The normalized spacial score (nSPS) is 13.4. The highest BCUT2D eigenvalue weighted by Crippen LogP contribution is 2.39. The summed E-state index contributed by atoms with van der Waals surface area (Å²) < 4.78 is 0. The molecule has 4 rings (SSSR count). The second-order valence-corrected chi connectivity index (χ2v) is 7.03. The fourth-order valence-corrected chi connectivity index (χ4v) is 4.04. The van der Waals surface area contributed by atoms with Gasteiger partial charge in [0.05, 0.1) is 16.8 Å². The third kappa shape index (κ3) is 3.11. The molecule has 0 radical (unpaired) electrons. The van der Waals surface area contributed by atoms with Crippen LogP contribution in [-0.4, -0.2) is 11.4 Å². The van der Waals surface area contributed by atoms with Crippen LogP contribution < -0.4 is 5.73 Å². The van der Waals surface area contributed by atoms with Crippen LogP contribution in [0.2, 0.25) is 0 Å². The summed E-state index contributed by atoms with van der Waals surface area (Å²) in [5, 5.41) is 19.5. The minimum Gasteiger partial charge on any atom is -0.397 e. The van der Waals surface area contributed by atoms with Crippen LogP contribution in [-0.2, 0) is 19.5 Å². The van der Waals surface area contributed by atoms with E-state index in [0.717, 1.165) is 41.8 Å². The third-order valence-electron chi connectivity index (χ3n) is 5.35. The van der Waals surface area contributed by atoms with Gasteiger partial charge in [-0.2, -0.15) is 10.5 Å². The number of hydrogen-bond acceptors (Lipinski definition) is 4. The van der Waals surface area contributed by atoms with E-state index in [0.29, 0.717) is 23.4 Å². The van der Waals surface area contributed by atoms with Gasteiger partial charge in [-0.05, 0) is 28.7 Å². The van der Waals surface area contributed by atoms with Crippen LogP contribution >= 0.6 is 0 Å². The fourth-order valence-electron chi connectivity index (χ4n) is 4.04. The van der Waals surface area contributed by atoms with E-state index >= 15 is 0 Å². The SMILES string of the molecule is N#Cc1c(N)c(C#N)c(-c2ccccc2)c2c1CCN(Cc1ccccc1)C2. The van der Waals surface area contributed by atoms with E-state index in [9.17, 15) is 10.5 Å². The molecule has 0 fully saturated rings. The molecule has 3 aromatic carbocycles. The molecule has 4 heteroatoms. The molecule has 0 saturated carbocycles. The first-order chi connectivity index (χ1) is 13.7. The summed E-state index contributed by atoms with van der Waals surface area (Å²) in [4.78, 5) is 2.36. The summed E-state index contributed by atoms with van der Waals surface area (Å²) in [5.74, 6) is 0. The summed E-state index contributed by atoms with van der Waals surface area (Å²) in [7, 11) is 0. The Morgan fingerprint density at radius 1 is 0.857 bits per heavy atom. The van der Waals surface area contributed by atoms with Crippen LogP contribution in [0.25, 0.3) is 11.1 Å². The first-order valence-electron chi connectivity index (χ1n) is 9.32. The predicted octanol–water partition coefficient (Wildman–Crippen LogP) is 4.24. The highest BCUT2D eigenvalue weighted by molar-refractivity contribution is 5.85. The Bertz CT molecular complexity index is 1090. The number of anilines is 1. The molecule has 1 aliphatic heterocycles. The number of rotatable bonds is 3. The minimum absolute atomic E-state index is 0.305. The van der Waals surface area contributed by atoms with Crippen molar-refractivity contribution in [1.82, 2.24) is 4.90 Å². The smallest absolute Gasteiger partial charge is 0.102 e. The van der Waals surface area contributed by atoms with Gasteiger partial charge in [0.1, 0.15) is 12.1 Å². The second-order valence-electron chi connectivity index (χ2n) is 7.03. The van der Waals surface area contributed by atoms with Gasteiger partial charge in [-0.3, -0.25) is 4.90 Å². The average molecular weight is 364 g/mol. The second kappa shape index (κ2) is 7.56. The molecule has 3 aromatic rings. The van der Waals surface area contributed by atoms with E-state index in [4.69, 9.17) is 5.73 Å². The fraction of sp³-hybridized carbons (Fsp3) is 0.167. The van der Waals surface area contributed by atoms with Crippen molar-refractivity contribution in [2.24, 2.45) is 0 Å². The van der Waals surface area contributed by atoms with Crippen LogP contribution in [0.1, 0.15) is 27.8 Å². The summed E-state index contributed by atoms with van der Waals surface area (Å²) in [6.07, 6.45) is 0.751. The van der Waals surface area contributed by atoms with E-state index in [2.05, 4.69) is 29.2 Å². The van der Waals surface area contributed by atoms with Crippen LogP contribution in [0, 0.1) is 22.7 Å². The Morgan fingerprint density at radius 3 is 2.14 bits per heavy atom. The standard InChI is InChI=1S/C24H20N4/c25-13-20-19-11-12-28(15-17-7-3-1-4-8-17)16-22(19)23(21(14-26)24(20)27)18-9-5-2-6-10-18/h1-10H,11-12,15-16,27H2. The Labute approximate surface area is 165 Å². The highest BCUT2D eigenvalue weighted by atomic mass is 15.1. The van der Waals surface area contributed by atoms with Crippen molar-refractivity contribution < 1.29 is 0 Å². The quantitative estimate of drug-likeness (QED) is 0.705. The molecular weight excluding hydrogens is 344 g/mol. The number of nitrogens with zero attached hydrogens (tertiary/aromatic N) is 3. The zero-order chi connectivity index (χ0) is 19.5. The van der Waals surface area contributed by atoms with E-state index in [1.165, 1.54) is 5.56 Å². The van der Waals surface area contributed by atoms with Crippen LogP contribution in [0.4, 0.5) is 5.69 Å². The molecule has 0 saturated heterocycles. The van der Waals surface area contributed by atoms with Crippen molar-refractivity contribution in [3.63, 3.8) is 0 Å². The van der Waals surface area contributed by atoms with Crippen molar-refractivity contribution in [1.29, 1.82) is 10.5 Å². The summed E-state index contributed by atoms with van der Waals surface area (Å²) >= 11 is 0. The van der Waals surface area contributed by atoms with E-state index < -0.39 is 0 Å². The number of benzene rings is 3. The van der Waals surface area contributed by atoms with Crippen LogP contribution in [0.15, 0.2) is 60.7 Å². The molecule has 1 heterocycles. The lowest BCUT2D eigenvalue weighted by molar-refractivity contribution is 0.246. The Balaban J connectivity index is 1.85. The Morgan fingerprint density at radius 2 is 1.50 bits per heavy atom. The maximum atomic E-state index is 9.83. The summed E-state index contributed by atoms with van der Waals surface area (Å²) in [6, 6.07) is 24.7. The first kappa shape index (κ1) is 17.8. The maximum absolute atomic E-state index is 9.83. The molecule has 0 spiro atoms. The van der Waals surface area contributed by atoms with Crippen molar-refractivity contribution in [2.45, 2.75) is 19.5 Å². The van der Waals surface area contributed by atoms with Crippen molar-refractivity contribution in [3.05, 3.63) is 88.5 Å². The van der Waals surface area contributed by atoms with Gasteiger partial charge in [0.2, 0.25) is 0 Å². The third-order valence-corrected chi connectivity index (χ3v) is 5.35. The Kier molecular flexibility index (Phi) is 4.81. The molecular formula is C24H20N4. The van der Waals surface area contributed by atoms with Gasteiger partial charge in [-0.25, -0.2) is 0 Å². The molecule has 4 nitrogen and oxygen atoms in total. The summed E-state index contributed by atoms with van der Waals surface area (Å²) in [6.45, 7) is 2.39. The topological polar surface area (TPSA) is 76.8 Å². The van der Waals surface area contributed by atoms with Crippen molar-refractivity contribution >= 4 is 5.69 Å². The Hall–Kier alpha value is -3.60. The van der Waals surface area contributed by atoms with Gasteiger partial charge >= 0.3 is 0 Å². The molecule has 136 valence electrons. The first-order valence-corrected chi connectivity index (χ1v) is 9.32. The van der Waals surface area contributed by atoms with E-state index in [-0.39, 0.29) is 0 Å². The number of nitriles is 2. The largest absolute Gasteiger partial charge is 0.397 e. The van der Waals surface area contributed by atoms with E-state index in [1.807, 2.05) is 48.5 Å². The molecule has 0 bridgehead atoms. The summed E-state index contributed by atoms with van der Waals surface area (Å²) in [5.41, 5.74) is 12.6. The molecule has 0 atom stereocenters. The van der Waals surface area contributed by atoms with Gasteiger partial charge in [-0.1, -0.05) is 60.7 Å². The monoisotopic (exact) mass is 364 g/mol. The van der Waals surface area contributed by atoms with Crippen molar-refractivity contribution in [2.75, 3.05) is 12.3 Å². The van der Waals surface area contributed by atoms with Crippen LogP contribution in [0.3, 0.4) is 0 Å². The zero-order valence-corrected chi connectivity index (χ0v) is 15.5. The lowest BCUT2D eigenvalue weighted by atomic mass is 9.83. The minimum atomic E-state index is 0.305. The number of nitrogens with two attached hydrogens (primary N) is 1. The van der Waals surface area contributed by atoms with Gasteiger partial charge in [0.15, 0.2) is 0 Å². The number of hydrogen-bond donors (Lipinski definition) is 1. The molecule has 0 aromatic heterocycles. The number of fused-ring (bicyclic) bond motifs is 1. The molecule has 0 aliphatic carbocycles. The predicted molar refractivity (Wildman–Crippen MR) is 110 cm³/mol. The van der Waals surface area contributed by atoms with Crippen molar-refractivity contribution in [3.8, 4) is 23.3 Å².